The minimum absolute atomic E-state index is 0.0820. The van der Waals surface area contributed by atoms with E-state index in [-0.39, 0.29) is 22.6 Å². The van der Waals surface area contributed by atoms with E-state index < -0.39 is 38.9 Å². The van der Waals surface area contributed by atoms with E-state index in [0.717, 1.165) is 25.7 Å². The molecule has 0 radical (unpaired) electrons. The standard InChI is InChI=1S/C31H38N4O6S/c1-4-17-34-25-12-8-7-11-24(25)31(30(34)39)26(28(37)29(38)35(31)21-20-32(2)3)27(36)22-13-15-23(16-14-22)42(40,41)33-18-9-5-6-10-19-33/h7-8,11-16,36H,4-6,9-10,17-21H2,1-3H3/b27-26+. The van der Waals surface area contributed by atoms with Gasteiger partial charge < -0.3 is 19.8 Å². The average Bonchev–Trinajstić information content (AvgIpc) is 3.19. The summed E-state index contributed by atoms with van der Waals surface area (Å²) in [4.78, 5) is 46.5. The zero-order valence-electron chi connectivity index (χ0n) is 24.4. The molecule has 0 aliphatic carbocycles. The molecule has 1 N–H and O–H groups in total. The van der Waals surface area contributed by atoms with Crippen LogP contribution in [0.5, 0.6) is 0 Å². The van der Waals surface area contributed by atoms with Gasteiger partial charge in [-0.05, 0) is 63.7 Å². The number of aliphatic hydroxyl groups excluding tert-OH is 1. The third-order valence-electron chi connectivity index (χ3n) is 8.36. The Labute approximate surface area is 247 Å². The van der Waals surface area contributed by atoms with E-state index in [1.165, 1.54) is 33.5 Å². The monoisotopic (exact) mass is 594 g/mol. The van der Waals surface area contributed by atoms with Gasteiger partial charge in [-0.25, -0.2) is 8.42 Å². The Balaban J connectivity index is 1.65. The molecular weight excluding hydrogens is 556 g/mol. The molecule has 2 amide bonds. The van der Waals surface area contributed by atoms with Gasteiger partial charge in [0.05, 0.1) is 16.2 Å². The van der Waals surface area contributed by atoms with E-state index in [1.54, 1.807) is 29.2 Å². The van der Waals surface area contributed by atoms with Gasteiger partial charge in [-0.2, -0.15) is 4.31 Å². The van der Waals surface area contributed by atoms with Crippen molar-refractivity contribution in [3.8, 4) is 0 Å². The van der Waals surface area contributed by atoms with Crippen molar-refractivity contribution in [2.75, 3.05) is 51.7 Å². The van der Waals surface area contributed by atoms with Crippen molar-refractivity contribution in [1.29, 1.82) is 0 Å². The van der Waals surface area contributed by atoms with Gasteiger partial charge in [0.2, 0.25) is 10.0 Å². The number of nitrogens with zero attached hydrogens (tertiary/aromatic N) is 4. The number of likely N-dealkylation sites (tertiary alicyclic amines) is 1. The number of aliphatic hydroxyl groups is 1. The lowest BCUT2D eigenvalue weighted by Gasteiger charge is -2.35. The van der Waals surface area contributed by atoms with Crippen LogP contribution < -0.4 is 4.90 Å². The van der Waals surface area contributed by atoms with Crippen molar-refractivity contribution < 1.29 is 27.9 Å². The molecule has 2 saturated heterocycles. The van der Waals surface area contributed by atoms with Crippen LogP contribution in [0.4, 0.5) is 5.69 Å². The summed E-state index contributed by atoms with van der Waals surface area (Å²) in [6.07, 6.45) is 4.23. The summed E-state index contributed by atoms with van der Waals surface area (Å²) in [5.74, 6) is -2.79. The third-order valence-corrected chi connectivity index (χ3v) is 10.3. The van der Waals surface area contributed by atoms with Gasteiger partial charge in [0.1, 0.15) is 5.76 Å². The van der Waals surface area contributed by atoms with Crippen LogP contribution in [0.15, 0.2) is 59.0 Å². The fourth-order valence-electron chi connectivity index (χ4n) is 6.27. The summed E-state index contributed by atoms with van der Waals surface area (Å²) in [7, 11) is -0.0710. The first-order chi connectivity index (χ1) is 20.1. The number of rotatable bonds is 8. The van der Waals surface area contributed by atoms with E-state index in [0.29, 0.717) is 43.9 Å². The van der Waals surface area contributed by atoms with Crippen LogP contribution in [-0.2, 0) is 29.9 Å². The number of amides is 2. The maximum Gasteiger partial charge on any atom is 0.296 e. The van der Waals surface area contributed by atoms with E-state index in [4.69, 9.17) is 0 Å². The van der Waals surface area contributed by atoms with Crippen molar-refractivity contribution in [2.24, 2.45) is 0 Å². The molecule has 3 aliphatic rings. The second-order valence-electron chi connectivity index (χ2n) is 11.3. The number of carbonyl (C=O) groups excluding carboxylic acids is 3. The number of ketones is 1. The number of anilines is 1. The van der Waals surface area contributed by atoms with Crippen LogP contribution in [0.25, 0.3) is 5.76 Å². The van der Waals surface area contributed by atoms with Crippen LogP contribution in [-0.4, -0.2) is 92.0 Å². The number of sulfonamides is 1. The molecule has 1 unspecified atom stereocenters. The molecule has 224 valence electrons. The zero-order valence-corrected chi connectivity index (χ0v) is 25.2. The first-order valence-corrected chi connectivity index (χ1v) is 16.0. The van der Waals surface area contributed by atoms with Gasteiger partial charge in [0, 0.05) is 43.9 Å². The molecule has 0 saturated carbocycles. The molecule has 0 bridgehead atoms. The predicted molar refractivity (Wildman–Crippen MR) is 159 cm³/mol. The summed E-state index contributed by atoms with van der Waals surface area (Å²) in [5.41, 5.74) is -0.940. The highest BCUT2D eigenvalue weighted by molar-refractivity contribution is 7.89. The first kappa shape index (κ1) is 29.9. The summed E-state index contributed by atoms with van der Waals surface area (Å²) in [5, 5.41) is 11.7. The van der Waals surface area contributed by atoms with E-state index in [1.807, 2.05) is 25.9 Å². The van der Waals surface area contributed by atoms with Crippen LogP contribution in [0.3, 0.4) is 0 Å². The Morgan fingerprint density at radius 1 is 0.929 bits per heavy atom. The SMILES string of the molecule is CCCN1C(=O)C2(/C(=C(/O)c3ccc(S(=O)(=O)N4CCCCCC4)cc3)C(=O)C(=O)N2CCN(C)C)c2ccccc21. The number of para-hydroxylation sites is 1. The Kier molecular flexibility index (Phi) is 8.28. The third kappa shape index (κ3) is 4.73. The van der Waals surface area contributed by atoms with Gasteiger partial charge in [-0.3, -0.25) is 14.4 Å². The molecule has 5 rings (SSSR count). The maximum absolute atomic E-state index is 14.4. The average molecular weight is 595 g/mol. The van der Waals surface area contributed by atoms with Crippen LogP contribution in [0.2, 0.25) is 0 Å². The van der Waals surface area contributed by atoms with Crippen molar-refractivity contribution in [1.82, 2.24) is 14.1 Å². The summed E-state index contributed by atoms with van der Waals surface area (Å²) < 4.78 is 28.1. The maximum atomic E-state index is 14.4. The Morgan fingerprint density at radius 3 is 2.19 bits per heavy atom. The van der Waals surface area contributed by atoms with Crippen LogP contribution in [0, 0.1) is 0 Å². The number of likely N-dealkylation sites (N-methyl/N-ethyl adjacent to an activating group) is 1. The van der Waals surface area contributed by atoms with E-state index in [2.05, 4.69) is 0 Å². The highest BCUT2D eigenvalue weighted by atomic mass is 32.2. The smallest absolute Gasteiger partial charge is 0.296 e. The van der Waals surface area contributed by atoms with E-state index >= 15 is 0 Å². The fourth-order valence-corrected chi connectivity index (χ4v) is 7.79. The van der Waals surface area contributed by atoms with Crippen molar-refractivity contribution >= 4 is 39.1 Å². The highest BCUT2D eigenvalue weighted by Gasteiger charge is 2.66. The molecule has 1 atom stereocenters. The van der Waals surface area contributed by atoms with Gasteiger partial charge in [0.15, 0.2) is 5.54 Å². The summed E-state index contributed by atoms with van der Waals surface area (Å²) in [6, 6.07) is 12.7. The number of benzene rings is 2. The Morgan fingerprint density at radius 2 is 1.57 bits per heavy atom. The van der Waals surface area contributed by atoms with Crippen molar-refractivity contribution in [3.63, 3.8) is 0 Å². The number of hydrogen-bond donors (Lipinski definition) is 1. The molecule has 1 spiro atoms. The number of fused-ring (bicyclic) bond motifs is 2. The van der Waals surface area contributed by atoms with E-state index in [9.17, 15) is 27.9 Å². The first-order valence-electron chi connectivity index (χ1n) is 14.5. The summed E-state index contributed by atoms with van der Waals surface area (Å²) in [6.45, 7) is 3.69. The lowest BCUT2D eigenvalue weighted by Crippen LogP contribution is -2.53. The summed E-state index contributed by atoms with van der Waals surface area (Å²) >= 11 is 0. The quantitative estimate of drug-likeness (QED) is 0.283. The molecule has 3 heterocycles. The molecule has 2 aromatic rings. The highest BCUT2D eigenvalue weighted by Crippen LogP contribution is 2.53. The molecule has 2 aromatic carbocycles. The van der Waals surface area contributed by atoms with Gasteiger partial charge in [-0.1, -0.05) is 38.0 Å². The number of carbonyl (C=O) groups is 3. The molecular formula is C31H38N4O6S. The van der Waals surface area contributed by atoms with Gasteiger partial charge in [0.25, 0.3) is 17.6 Å². The van der Waals surface area contributed by atoms with Crippen LogP contribution >= 0.6 is 0 Å². The molecule has 10 nitrogen and oxygen atoms in total. The predicted octanol–water partition coefficient (Wildman–Crippen LogP) is 3.15. The van der Waals surface area contributed by atoms with Crippen molar-refractivity contribution in [3.05, 3.63) is 65.2 Å². The molecule has 11 heteroatoms. The largest absolute Gasteiger partial charge is 0.507 e. The number of Topliss-reactive ketones (excluding diaryl/α,β-unsaturated/α-hetero) is 1. The number of hydrogen-bond acceptors (Lipinski definition) is 7. The van der Waals surface area contributed by atoms with Crippen LogP contribution in [0.1, 0.15) is 50.2 Å². The van der Waals surface area contributed by atoms with Gasteiger partial charge >= 0.3 is 0 Å². The fraction of sp³-hybridized carbons (Fsp3) is 0.452. The lowest BCUT2D eigenvalue weighted by atomic mass is 9.82. The zero-order chi connectivity index (χ0) is 30.2. The molecule has 2 fully saturated rings. The molecule has 42 heavy (non-hydrogen) atoms. The second kappa shape index (κ2) is 11.6. The minimum atomic E-state index is -3.73. The topological polar surface area (TPSA) is 119 Å². The minimum Gasteiger partial charge on any atom is -0.507 e. The van der Waals surface area contributed by atoms with Crippen molar-refractivity contribution in [2.45, 2.75) is 49.5 Å². The Hall–Kier alpha value is -3.54. The van der Waals surface area contributed by atoms with Gasteiger partial charge in [-0.15, -0.1) is 0 Å². The second-order valence-corrected chi connectivity index (χ2v) is 13.3. The Bertz CT molecular complexity index is 1530. The normalized spacial score (nSPS) is 22.8. The lowest BCUT2D eigenvalue weighted by molar-refractivity contribution is -0.143. The molecule has 3 aliphatic heterocycles. The molecule has 0 aromatic heterocycles.